The van der Waals surface area contributed by atoms with Gasteiger partial charge < -0.3 is 0 Å². The summed E-state index contributed by atoms with van der Waals surface area (Å²) < 4.78 is 13.6. The molecule has 0 aromatic heterocycles. The van der Waals surface area contributed by atoms with Gasteiger partial charge in [-0.15, -0.1) is 5.06 Å². The highest BCUT2D eigenvalue weighted by atomic mass is 19.1. The lowest BCUT2D eigenvalue weighted by Gasteiger charge is -2.21. The standard InChI is InChI=1S/C12H6FNO3/c13-9-5-4-8-10-6(9)2-1-3-7(10)11(15)14(17)12(8)16/h1-5,17H. The Morgan fingerprint density at radius 3 is 2.35 bits per heavy atom. The lowest BCUT2D eigenvalue weighted by molar-refractivity contribution is -0.0377. The van der Waals surface area contributed by atoms with Gasteiger partial charge in [-0.1, -0.05) is 12.1 Å². The molecule has 0 radical (unpaired) electrons. The van der Waals surface area contributed by atoms with Gasteiger partial charge in [0.15, 0.2) is 0 Å². The van der Waals surface area contributed by atoms with Gasteiger partial charge in [0.25, 0.3) is 11.8 Å². The molecule has 1 aliphatic heterocycles. The summed E-state index contributed by atoms with van der Waals surface area (Å²) in [6, 6.07) is 6.85. The Morgan fingerprint density at radius 1 is 1.00 bits per heavy atom. The van der Waals surface area contributed by atoms with Gasteiger partial charge >= 0.3 is 0 Å². The molecule has 2 aromatic carbocycles. The zero-order valence-corrected chi connectivity index (χ0v) is 8.48. The number of imide groups is 1. The van der Waals surface area contributed by atoms with Crippen LogP contribution in [0.4, 0.5) is 4.39 Å². The first-order valence-electron chi connectivity index (χ1n) is 4.90. The van der Waals surface area contributed by atoms with E-state index in [1.165, 1.54) is 24.3 Å². The molecule has 84 valence electrons. The monoisotopic (exact) mass is 231 g/mol. The van der Waals surface area contributed by atoms with Crippen molar-refractivity contribution in [2.24, 2.45) is 0 Å². The maximum Gasteiger partial charge on any atom is 0.285 e. The predicted octanol–water partition coefficient (Wildman–Crippen LogP) is 1.96. The smallest absolute Gasteiger partial charge is 0.278 e. The van der Waals surface area contributed by atoms with Crippen molar-refractivity contribution < 1.29 is 19.2 Å². The number of carbonyl (C=O) groups is 2. The molecule has 2 amide bonds. The fourth-order valence-corrected chi connectivity index (χ4v) is 2.05. The van der Waals surface area contributed by atoms with E-state index >= 15 is 0 Å². The number of hydrogen-bond donors (Lipinski definition) is 1. The Kier molecular flexibility index (Phi) is 1.82. The molecule has 0 atom stereocenters. The number of nitrogens with zero attached hydrogens (tertiary/aromatic N) is 1. The summed E-state index contributed by atoms with van der Waals surface area (Å²) in [5.74, 6) is -2.17. The summed E-state index contributed by atoms with van der Waals surface area (Å²) in [7, 11) is 0. The van der Waals surface area contributed by atoms with Crippen LogP contribution in [0.15, 0.2) is 30.3 Å². The molecule has 0 saturated carbocycles. The van der Waals surface area contributed by atoms with Gasteiger partial charge in [-0.25, -0.2) is 4.39 Å². The second-order valence-corrected chi connectivity index (χ2v) is 3.75. The van der Waals surface area contributed by atoms with Crippen molar-refractivity contribution >= 4 is 22.6 Å². The summed E-state index contributed by atoms with van der Waals surface area (Å²) >= 11 is 0. The Morgan fingerprint density at radius 2 is 1.65 bits per heavy atom. The molecule has 0 aliphatic carbocycles. The van der Waals surface area contributed by atoms with E-state index in [0.29, 0.717) is 0 Å². The van der Waals surface area contributed by atoms with Crippen LogP contribution in [0.2, 0.25) is 0 Å². The van der Waals surface area contributed by atoms with Gasteiger partial charge in [0, 0.05) is 10.8 Å². The summed E-state index contributed by atoms with van der Waals surface area (Å²) in [6.45, 7) is 0. The van der Waals surface area contributed by atoms with Crippen molar-refractivity contribution in [3.8, 4) is 0 Å². The molecule has 1 aliphatic rings. The van der Waals surface area contributed by atoms with Crippen LogP contribution in [0.1, 0.15) is 20.7 Å². The van der Waals surface area contributed by atoms with E-state index in [2.05, 4.69) is 0 Å². The highest BCUT2D eigenvalue weighted by molar-refractivity contribution is 6.24. The third-order valence-corrected chi connectivity index (χ3v) is 2.83. The molecule has 0 fully saturated rings. The van der Waals surface area contributed by atoms with Crippen molar-refractivity contribution in [1.29, 1.82) is 0 Å². The van der Waals surface area contributed by atoms with Crippen LogP contribution in [-0.4, -0.2) is 22.1 Å². The Labute approximate surface area is 94.8 Å². The number of benzene rings is 2. The Bertz CT molecular complexity index is 659. The summed E-state index contributed by atoms with van der Waals surface area (Å²) in [5, 5.41) is 9.87. The zero-order chi connectivity index (χ0) is 12.2. The lowest BCUT2D eigenvalue weighted by Crippen LogP contribution is -2.37. The van der Waals surface area contributed by atoms with Crippen molar-refractivity contribution in [3.63, 3.8) is 0 Å². The highest BCUT2D eigenvalue weighted by Gasteiger charge is 2.32. The molecule has 1 heterocycles. The van der Waals surface area contributed by atoms with Gasteiger partial charge in [0.1, 0.15) is 5.82 Å². The molecule has 2 aromatic rings. The highest BCUT2D eigenvalue weighted by Crippen LogP contribution is 2.30. The minimum atomic E-state index is -0.835. The summed E-state index contributed by atoms with van der Waals surface area (Å²) in [5.41, 5.74) is 0.248. The molecule has 17 heavy (non-hydrogen) atoms. The second kappa shape index (κ2) is 3.11. The quantitative estimate of drug-likeness (QED) is 0.557. The van der Waals surface area contributed by atoms with Crippen LogP contribution in [0.3, 0.4) is 0 Å². The number of rotatable bonds is 0. The number of amides is 2. The second-order valence-electron chi connectivity index (χ2n) is 3.75. The average molecular weight is 231 g/mol. The number of carbonyl (C=O) groups excluding carboxylic acids is 2. The predicted molar refractivity (Wildman–Crippen MR) is 56.2 cm³/mol. The fraction of sp³-hybridized carbons (Fsp3) is 0. The molecule has 5 heteroatoms. The molecule has 3 rings (SSSR count). The molecule has 0 unspecified atom stereocenters. The van der Waals surface area contributed by atoms with E-state index in [4.69, 9.17) is 0 Å². The third kappa shape index (κ3) is 1.14. The lowest BCUT2D eigenvalue weighted by atomic mass is 9.95. The molecule has 0 spiro atoms. The molecular formula is C12H6FNO3. The van der Waals surface area contributed by atoms with Crippen molar-refractivity contribution in [1.82, 2.24) is 5.06 Å². The van der Waals surface area contributed by atoms with E-state index in [-0.39, 0.29) is 27.0 Å². The van der Waals surface area contributed by atoms with Crippen LogP contribution in [0.25, 0.3) is 10.8 Å². The molecular weight excluding hydrogens is 225 g/mol. The van der Waals surface area contributed by atoms with Crippen molar-refractivity contribution in [3.05, 3.63) is 47.3 Å². The number of halogens is 1. The number of hydroxylamine groups is 2. The average Bonchev–Trinajstić information content (AvgIpc) is 2.35. The first-order chi connectivity index (χ1) is 8.11. The third-order valence-electron chi connectivity index (χ3n) is 2.83. The normalized spacial score (nSPS) is 14.6. The topological polar surface area (TPSA) is 57.6 Å². The van der Waals surface area contributed by atoms with E-state index in [1.807, 2.05) is 0 Å². The van der Waals surface area contributed by atoms with Crippen LogP contribution >= 0.6 is 0 Å². The number of hydrogen-bond acceptors (Lipinski definition) is 3. The van der Waals surface area contributed by atoms with Gasteiger partial charge in [-0.2, -0.15) is 0 Å². The van der Waals surface area contributed by atoms with Crippen LogP contribution in [0.5, 0.6) is 0 Å². The molecule has 0 saturated heterocycles. The van der Waals surface area contributed by atoms with Crippen molar-refractivity contribution in [2.45, 2.75) is 0 Å². The first kappa shape index (κ1) is 9.92. The van der Waals surface area contributed by atoms with E-state index in [1.54, 1.807) is 0 Å². The van der Waals surface area contributed by atoms with Crippen LogP contribution in [-0.2, 0) is 0 Å². The Balaban J connectivity index is 2.54. The van der Waals surface area contributed by atoms with Crippen molar-refractivity contribution in [2.75, 3.05) is 0 Å². The summed E-state index contributed by atoms with van der Waals surface area (Å²) in [4.78, 5) is 23.3. The zero-order valence-electron chi connectivity index (χ0n) is 8.48. The van der Waals surface area contributed by atoms with Crippen LogP contribution in [0, 0.1) is 5.82 Å². The molecule has 1 N–H and O–H groups in total. The van der Waals surface area contributed by atoms with E-state index in [9.17, 15) is 19.2 Å². The van der Waals surface area contributed by atoms with Gasteiger partial charge in [0.2, 0.25) is 0 Å². The van der Waals surface area contributed by atoms with Crippen LogP contribution < -0.4 is 0 Å². The maximum atomic E-state index is 13.6. The molecule has 0 bridgehead atoms. The summed E-state index contributed by atoms with van der Waals surface area (Å²) in [6.07, 6.45) is 0. The SMILES string of the molecule is O=C1c2cccc3c(F)ccc(c23)C(=O)N1O. The Hall–Kier alpha value is -2.27. The van der Waals surface area contributed by atoms with E-state index in [0.717, 1.165) is 6.07 Å². The first-order valence-corrected chi connectivity index (χ1v) is 4.90. The van der Waals surface area contributed by atoms with E-state index < -0.39 is 17.6 Å². The van der Waals surface area contributed by atoms with Gasteiger partial charge in [0.05, 0.1) is 11.1 Å². The minimum Gasteiger partial charge on any atom is -0.278 e. The molecule has 4 nitrogen and oxygen atoms in total. The largest absolute Gasteiger partial charge is 0.285 e. The maximum absolute atomic E-state index is 13.6. The van der Waals surface area contributed by atoms with Gasteiger partial charge in [-0.3, -0.25) is 14.8 Å². The van der Waals surface area contributed by atoms with Gasteiger partial charge in [-0.05, 0) is 18.2 Å². The minimum absolute atomic E-state index is 0.0506. The fourth-order valence-electron chi connectivity index (χ4n) is 2.05.